The van der Waals surface area contributed by atoms with Crippen molar-refractivity contribution in [1.82, 2.24) is 10.5 Å². The Morgan fingerprint density at radius 3 is 2.83 bits per heavy atom. The van der Waals surface area contributed by atoms with E-state index in [2.05, 4.69) is 15.8 Å². The van der Waals surface area contributed by atoms with Crippen LogP contribution in [0.2, 0.25) is 5.02 Å². The number of hydrogen-bond acceptors (Lipinski definition) is 4. The molecule has 1 aliphatic rings. The minimum absolute atomic E-state index is 0.00125. The van der Waals surface area contributed by atoms with Crippen LogP contribution in [0.25, 0.3) is 11.3 Å². The van der Waals surface area contributed by atoms with Gasteiger partial charge in [-0.2, -0.15) is 0 Å². The number of rotatable bonds is 4. The van der Waals surface area contributed by atoms with Gasteiger partial charge in [0.05, 0.1) is 10.6 Å². The molecule has 2 heterocycles. The molecule has 0 radical (unpaired) electrons. The monoisotopic (exact) mass is 414 g/mol. The fourth-order valence-corrected chi connectivity index (χ4v) is 3.45. The molecule has 1 fully saturated rings. The third kappa shape index (κ3) is 3.54. The van der Waals surface area contributed by atoms with E-state index < -0.39 is 11.7 Å². The van der Waals surface area contributed by atoms with E-state index >= 15 is 0 Å². The van der Waals surface area contributed by atoms with Crippen LogP contribution in [0.3, 0.4) is 0 Å². The van der Waals surface area contributed by atoms with Crippen LogP contribution in [-0.2, 0) is 0 Å². The second-order valence-electron chi connectivity index (χ2n) is 6.45. The van der Waals surface area contributed by atoms with Gasteiger partial charge in [0.15, 0.2) is 0 Å². The first-order valence-corrected chi connectivity index (χ1v) is 9.21. The summed E-state index contributed by atoms with van der Waals surface area (Å²) in [7, 11) is 0. The first kappa shape index (κ1) is 18.9. The highest BCUT2D eigenvalue weighted by Crippen LogP contribution is 2.34. The molecule has 0 aliphatic carbocycles. The highest BCUT2D eigenvalue weighted by molar-refractivity contribution is 6.33. The van der Waals surface area contributed by atoms with E-state index in [-0.39, 0.29) is 33.6 Å². The second-order valence-corrected chi connectivity index (χ2v) is 6.85. The summed E-state index contributed by atoms with van der Waals surface area (Å²) in [5, 5.41) is 9.43. The minimum atomic E-state index is -0.609. The van der Waals surface area contributed by atoms with Crippen molar-refractivity contribution in [3.05, 3.63) is 64.6 Å². The van der Waals surface area contributed by atoms with Crippen molar-refractivity contribution >= 4 is 34.9 Å². The number of anilines is 2. The average Bonchev–Trinajstić information content (AvgIpc) is 3.27. The molecule has 7 nitrogen and oxygen atoms in total. The Hall–Kier alpha value is -3.39. The molecule has 0 saturated carbocycles. The molecule has 2 N–H and O–H groups in total. The van der Waals surface area contributed by atoms with Crippen molar-refractivity contribution in [3.63, 3.8) is 0 Å². The van der Waals surface area contributed by atoms with Gasteiger partial charge in [-0.05, 0) is 37.3 Å². The number of benzene rings is 2. The zero-order valence-corrected chi connectivity index (χ0v) is 16.1. The molecule has 4 rings (SSSR count). The fourth-order valence-electron chi connectivity index (χ4n) is 3.20. The molecule has 0 spiro atoms. The zero-order valence-electron chi connectivity index (χ0n) is 15.3. The van der Waals surface area contributed by atoms with Gasteiger partial charge in [0.2, 0.25) is 0 Å². The van der Waals surface area contributed by atoms with Gasteiger partial charge in [-0.15, -0.1) is 0 Å². The number of aromatic nitrogens is 1. The molecule has 2 aromatic carbocycles. The van der Waals surface area contributed by atoms with Gasteiger partial charge in [0.1, 0.15) is 22.8 Å². The average molecular weight is 415 g/mol. The highest BCUT2D eigenvalue weighted by Gasteiger charge is 2.26. The minimum Gasteiger partial charge on any atom is -0.360 e. The normalized spacial score (nSPS) is 13.5. The van der Waals surface area contributed by atoms with Crippen molar-refractivity contribution in [2.45, 2.75) is 6.92 Å². The van der Waals surface area contributed by atoms with E-state index in [9.17, 15) is 14.0 Å². The lowest BCUT2D eigenvalue weighted by Crippen LogP contribution is -2.27. The lowest BCUT2D eigenvalue weighted by molar-refractivity contribution is 0.102. The Morgan fingerprint density at radius 1 is 1.31 bits per heavy atom. The Morgan fingerprint density at radius 2 is 2.10 bits per heavy atom. The molecular weight excluding hydrogens is 399 g/mol. The SMILES string of the molecule is Cc1onc(-c2c(F)cccc2Cl)c1C(=O)Nc1cccc(N2CCNC2=O)c1. The highest BCUT2D eigenvalue weighted by atomic mass is 35.5. The number of aryl methyl sites for hydroxylation is 1. The Bertz CT molecular complexity index is 1090. The molecule has 0 unspecified atom stereocenters. The maximum Gasteiger partial charge on any atom is 0.321 e. The first-order valence-electron chi connectivity index (χ1n) is 8.83. The number of carbonyl (C=O) groups is 2. The summed E-state index contributed by atoms with van der Waals surface area (Å²) in [5.41, 5.74) is 1.23. The van der Waals surface area contributed by atoms with Gasteiger partial charge in [0, 0.05) is 24.5 Å². The number of amides is 3. The van der Waals surface area contributed by atoms with Crippen molar-refractivity contribution in [1.29, 1.82) is 0 Å². The number of halogens is 2. The Kier molecular flexibility index (Phi) is 4.94. The molecule has 0 bridgehead atoms. The summed E-state index contributed by atoms with van der Waals surface area (Å²) >= 11 is 6.12. The molecule has 1 aliphatic heterocycles. The number of urea groups is 1. The first-order chi connectivity index (χ1) is 14.0. The Labute approximate surface area is 170 Å². The van der Waals surface area contributed by atoms with Gasteiger partial charge in [0.25, 0.3) is 5.91 Å². The third-order valence-corrected chi connectivity index (χ3v) is 4.88. The molecule has 1 aromatic heterocycles. The maximum atomic E-state index is 14.3. The summed E-state index contributed by atoms with van der Waals surface area (Å²) in [6.07, 6.45) is 0. The molecule has 1 saturated heterocycles. The fraction of sp³-hybridized carbons (Fsp3) is 0.150. The van der Waals surface area contributed by atoms with E-state index in [1.165, 1.54) is 18.2 Å². The molecule has 0 atom stereocenters. The number of nitrogens with one attached hydrogen (secondary N) is 2. The van der Waals surface area contributed by atoms with Gasteiger partial charge >= 0.3 is 6.03 Å². The van der Waals surface area contributed by atoms with Crippen molar-refractivity contribution in [2.75, 3.05) is 23.3 Å². The van der Waals surface area contributed by atoms with Gasteiger partial charge in [-0.25, -0.2) is 9.18 Å². The van der Waals surface area contributed by atoms with E-state index in [1.807, 2.05) is 0 Å². The zero-order chi connectivity index (χ0) is 20.5. The second kappa shape index (κ2) is 7.56. The molecule has 3 aromatic rings. The lowest BCUT2D eigenvalue weighted by Gasteiger charge is -2.15. The molecule has 29 heavy (non-hydrogen) atoms. The van der Waals surface area contributed by atoms with Crippen LogP contribution >= 0.6 is 11.6 Å². The molecular formula is C20H16ClFN4O3. The molecule has 3 amide bonds. The van der Waals surface area contributed by atoms with Crippen LogP contribution in [0.1, 0.15) is 16.1 Å². The van der Waals surface area contributed by atoms with Crippen molar-refractivity contribution in [3.8, 4) is 11.3 Å². The van der Waals surface area contributed by atoms with Crippen LogP contribution < -0.4 is 15.5 Å². The van der Waals surface area contributed by atoms with Crippen LogP contribution in [0, 0.1) is 12.7 Å². The smallest absolute Gasteiger partial charge is 0.321 e. The number of hydrogen-bond donors (Lipinski definition) is 2. The lowest BCUT2D eigenvalue weighted by atomic mass is 10.0. The largest absolute Gasteiger partial charge is 0.360 e. The van der Waals surface area contributed by atoms with E-state index in [1.54, 1.807) is 36.1 Å². The van der Waals surface area contributed by atoms with Crippen molar-refractivity contribution in [2.24, 2.45) is 0 Å². The summed E-state index contributed by atoms with van der Waals surface area (Å²) in [5.74, 6) is -0.908. The van der Waals surface area contributed by atoms with Gasteiger partial charge in [-0.1, -0.05) is 28.9 Å². The summed E-state index contributed by atoms with van der Waals surface area (Å²) < 4.78 is 19.5. The third-order valence-electron chi connectivity index (χ3n) is 4.56. The summed E-state index contributed by atoms with van der Waals surface area (Å²) in [6.45, 7) is 2.66. The molecule has 148 valence electrons. The van der Waals surface area contributed by atoms with Crippen LogP contribution in [0.4, 0.5) is 20.6 Å². The summed E-state index contributed by atoms with van der Waals surface area (Å²) in [6, 6.07) is 10.9. The van der Waals surface area contributed by atoms with Crippen LogP contribution in [-0.4, -0.2) is 30.2 Å². The van der Waals surface area contributed by atoms with Gasteiger partial charge in [-0.3, -0.25) is 9.69 Å². The topological polar surface area (TPSA) is 87.5 Å². The maximum absolute atomic E-state index is 14.3. The predicted octanol–water partition coefficient (Wildman–Crippen LogP) is 4.22. The van der Waals surface area contributed by atoms with Crippen molar-refractivity contribution < 1.29 is 18.5 Å². The standard InChI is InChI=1S/C20H16ClFN4O3/c1-11-16(18(25-29-11)17-14(21)6-3-7-15(17)22)19(27)24-12-4-2-5-13(10-12)26-9-8-23-20(26)28/h2-7,10H,8-9H2,1H3,(H,23,28)(H,24,27). The number of carbonyl (C=O) groups excluding carboxylic acids is 2. The van der Waals surface area contributed by atoms with Gasteiger partial charge < -0.3 is 15.2 Å². The summed E-state index contributed by atoms with van der Waals surface area (Å²) in [4.78, 5) is 26.4. The number of nitrogens with zero attached hydrogens (tertiary/aromatic N) is 2. The van der Waals surface area contributed by atoms with E-state index in [0.29, 0.717) is 24.5 Å². The van der Waals surface area contributed by atoms with Crippen LogP contribution in [0.5, 0.6) is 0 Å². The van der Waals surface area contributed by atoms with E-state index in [0.717, 1.165) is 0 Å². The molecule has 9 heteroatoms. The quantitative estimate of drug-likeness (QED) is 0.669. The van der Waals surface area contributed by atoms with Crippen LogP contribution in [0.15, 0.2) is 47.0 Å². The Balaban J connectivity index is 1.65. The predicted molar refractivity (Wildman–Crippen MR) is 107 cm³/mol. The van der Waals surface area contributed by atoms with E-state index in [4.69, 9.17) is 16.1 Å².